The fraction of sp³-hybridized carbons (Fsp3) is 0.0571. The number of aromatic nitrogens is 2. The maximum Gasteiger partial charge on any atom is 0.104 e. The Balaban J connectivity index is 0.758. The van der Waals surface area contributed by atoms with Gasteiger partial charge in [0.15, 0.2) is 0 Å². The van der Waals surface area contributed by atoms with Crippen LogP contribution < -0.4 is 10.4 Å². The van der Waals surface area contributed by atoms with Crippen molar-refractivity contribution in [2.45, 2.75) is 26.2 Å². The lowest BCUT2D eigenvalue weighted by atomic mass is 9.86. The lowest BCUT2D eigenvalue weighted by molar-refractivity contribution is 1.18. The summed E-state index contributed by atoms with van der Waals surface area (Å²) in [7, 11) is -3.88. The highest BCUT2D eigenvalue weighted by Crippen LogP contribution is 2.44. The van der Waals surface area contributed by atoms with Gasteiger partial charge < -0.3 is 9.13 Å². The van der Waals surface area contributed by atoms with Crippen LogP contribution in [-0.4, -0.2) is 25.3 Å². The minimum atomic E-state index is -1.94. The average Bonchev–Trinajstić information content (AvgIpc) is 3.98. The molecular weight excluding hydrogens is 925 g/mol. The summed E-state index contributed by atoms with van der Waals surface area (Å²) in [4.78, 5) is 0. The summed E-state index contributed by atoms with van der Waals surface area (Å²) in [6.07, 6.45) is 4.66. The van der Waals surface area contributed by atoms with Gasteiger partial charge in [-0.25, -0.2) is 0 Å². The van der Waals surface area contributed by atoms with Crippen LogP contribution in [0.25, 0.3) is 111 Å². The predicted molar refractivity (Wildman–Crippen MR) is 326 cm³/mol. The van der Waals surface area contributed by atoms with E-state index in [1.54, 1.807) is 0 Å². The van der Waals surface area contributed by atoms with E-state index in [1.165, 1.54) is 120 Å². The van der Waals surface area contributed by atoms with Gasteiger partial charge in [-0.1, -0.05) is 254 Å². The van der Waals surface area contributed by atoms with Gasteiger partial charge in [0.25, 0.3) is 0 Å². The fourth-order valence-electron chi connectivity index (χ4n) is 11.6. The Labute approximate surface area is 435 Å². The van der Waals surface area contributed by atoms with Crippen molar-refractivity contribution >= 4 is 104 Å². The first kappa shape index (κ1) is 45.3. The van der Waals surface area contributed by atoms with Gasteiger partial charge in [-0.15, -0.1) is 0 Å². The molecule has 11 aromatic carbocycles. The number of nitrogens with zero attached hydrogens (tertiary/aromatic N) is 2. The molecule has 0 spiro atoms. The first-order valence-electron chi connectivity index (χ1n) is 25.9. The number of benzene rings is 11. The molecule has 0 radical (unpaired) electrons. The van der Waals surface area contributed by atoms with Crippen molar-refractivity contribution in [3.05, 3.63) is 265 Å². The Hall–Kier alpha value is -8.55. The van der Waals surface area contributed by atoms with Crippen LogP contribution in [0, 0.1) is 0 Å². The molecule has 0 aliphatic rings. The maximum atomic E-state index is 2.48. The number of rotatable bonds is 10. The highest BCUT2D eigenvalue weighted by Gasteiger charge is 2.24. The molecule has 13 rings (SSSR count). The summed E-state index contributed by atoms with van der Waals surface area (Å²) < 4.78 is 4.76. The van der Waals surface area contributed by atoms with Crippen molar-refractivity contribution in [1.29, 1.82) is 0 Å². The molecule has 0 amide bonds. The molecule has 0 aliphatic carbocycles. The second-order valence-electron chi connectivity index (χ2n) is 21.0. The van der Waals surface area contributed by atoms with Crippen molar-refractivity contribution in [1.82, 2.24) is 9.13 Å². The topological polar surface area (TPSA) is 9.86 Å². The van der Waals surface area contributed by atoms with Crippen molar-refractivity contribution in [2.75, 3.05) is 0 Å². The third kappa shape index (κ3) is 7.86. The molecule has 13 aromatic rings. The summed E-state index contributed by atoms with van der Waals surface area (Å²) in [5.74, 6) is 0. The van der Waals surface area contributed by atoms with Crippen molar-refractivity contribution in [3.8, 4) is 33.6 Å². The molecular formula is C70H56N2Si2. The minimum absolute atomic E-state index is 1.18. The molecule has 2 nitrogen and oxygen atoms in total. The zero-order chi connectivity index (χ0) is 50.0. The molecule has 4 heteroatoms. The van der Waals surface area contributed by atoms with Crippen molar-refractivity contribution in [2.24, 2.45) is 0 Å². The van der Waals surface area contributed by atoms with Gasteiger partial charge in [-0.05, 0) is 103 Å². The Morgan fingerprint density at radius 2 is 0.527 bits per heavy atom. The molecule has 0 aliphatic heterocycles. The summed E-state index contributed by atoms with van der Waals surface area (Å²) >= 11 is 0. The molecule has 354 valence electrons. The van der Waals surface area contributed by atoms with E-state index in [1.807, 2.05) is 0 Å². The van der Waals surface area contributed by atoms with Gasteiger partial charge in [0, 0.05) is 32.9 Å². The normalized spacial score (nSPS) is 12.5. The third-order valence-corrected chi connectivity index (χ3v) is 21.3. The quantitative estimate of drug-likeness (QED) is 0.0955. The summed E-state index contributed by atoms with van der Waals surface area (Å²) in [5, 5.41) is 13.1. The Kier molecular flexibility index (Phi) is 11.1. The molecule has 0 unspecified atom stereocenters. The van der Waals surface area contributed by atoms with E-state index in [2.05, 4.69) is 302 Å². The van der Waals surface area contributed by atoms with Crippen LogP contribution in [0.3, 0.4) is 0 Å². The largest absolute Gasteiger partial charge is 0.309 e. The zero-order valence-electron chi connectivity index (χ0n) is 42.3. The van der Waals surface area contributed by atoms with Crippen molar-refractivity contribution < 1.29 is 0 Å². The highest BCUT2D eigenvalue weighted by atomic mass is 28.3. The number of para-hydroxylation sites is 4. The van der Waals surface area contributed by atoms with Crippen LogP contribution in [0.15, 0.2) is 254 Å². The van der Waals surface area contributed by atoms with E-state index < -0.39 is 16.1 Å². The predicted octanol–water partition coefficient (Wildman–Crippen LogP) is 17.9. The van der Waals surface area contributed by atoms with Crippen LogP contribution in [-0.2, 0) is 0 Å². The average molecular weight is 981 g/mol. The molecule has 2 heterocycles. The first-order chi connectivity index (χ1) is 36.2. The molecule has 0 saturated carbocycles. The maximum absolute atomic E-state index is 2.48. The van der Waals surface area contributed by atoms with E-state index in [-0.39, 0.29) is 0 Å². The lowest BCUT2D eigenvalue weighted by Gasteiger charge is -2.21. The summed E-state index contributed by atoms with van der Waals surface area (Å²) in [6.45, 7) is 9.79. The second-order valence-corrected chi connectivity index (χ2v) is 29.7. The van der Waals surface area contributed by atoms with Crippen LogP contribution in [0.5, 0.6) is 0 Å². The number of fused-ring (bicyclic) bond motifs is 8. The molecule has 0 bridgehead atoms. The molecule has 0 atom stereocenters. The van der Waals surface area contributed by atoms with Gasteiger partial charge in [0.2, 0.25) is 0 Å². The van der Waals surface area contributed by atoms with E-state index in [0.717, 1.165) is 0 Å². The first-order valence-corrected chi connectivity index (χ1v) is 32.1. The standard InChI is InChI=1S/C70H56N2Si2/c1-73(2,47-45-49-29-37-53(38-30-49)71-65-25-13-9-17-57(65)58-18-10-14-26-66(58)71)55-41-33-51(34-42-55)69-61-21-5-7-23-63(61)70(64-24-8-6-22-62(64)69)52-35-43-56(44-36-52)74(3,4)48-46-50-31-39-54(40-32-50)72-67-27-15-11-19-59(67)60-20-12-16-28-68(60)72/h5-48H,1-4H3/b47-45+,48-46+. The van der Waals surface area contributed by atoms with Crippen LogP contribution >= 0.6 is 0 Å². The van der Waals surface area contributed by atoms with E-state index >= 15 is 0 Å². The second kappa shape index (κ2) is 18.2. The zero-order valence-corrected chi connectivity index (χ0v) is 44.3. The van der Waals surface area contributed by atoms with Gasteiger partial charge in [-0.2, -0.15) is 0 Å². The van der Waals surface area contributed by atoms with Crippen molar-refractivity contribution in [3.63, 3.8) is 0 Å². The molecule has 0 fully saturated rings. The van der Waals surface area contributed by atoms with E-state index in [4.69, 9.17) is 0 Å². The van der Waals surface area contributed by atoms with Gasteiger partial charge in [0.1, 0.15) is 16.1 Å². The Bertz CT molecular complexity index is 3880. The lowest BCUT2D eigenvalue weighted by Crippen LogP contribution is -2.39. The number of hydrogen-bond acceptors (Lipinski definition) is 0. The minimum Gasteiger partial charge on any atom is -0.309 e. The summed E-state index contributed by atoms with van der Waals surface area (Å²) in [6, 6.07) is 89.9. The summed E-state index contributed by atoms with van der Waals surface area (Å²) in [5.41, 5.74) is 19.8. The molecule has 2 aromatic heterocycles. The molecule has 0 N–H and O–H groups in total. The molecule has 0 saturated heterocycles. The van der Waals surface area contributed by atoms with Gasteiger partial charge >= 0.3 is 0 Å². The van der Waals surface area contributed by atoms with Crippen LogP contribution in [0.2, 0.25) is 26.2 Å². The van der Waals surface area contributed by atoms with E-state index in [9.17, 15) is 0 Å². The number of hydrogen-bond donors (Lipinski definition) is 0. The highest BCUT2D eigenvalue weighted by molar-refractivity contribution is 6.94. The SMILES string of the molecule is C[Si](C)(/C=C/c1ccc(-n2c3ccccc3c3ccccc32)cc1)c1ccc(-c2c3ccccc3c(-c3ccc([Si](C)(C)/C=C/c4ccc(-n5c6ccccc6c6ccccc65)cc4)cc3)c3ccccc23)cc1. The van der Waals surface area contributed by atoms with Crippen LogP contribution in [0.1, 0.15) is 11.1 Å². The fourth-order valence-corrected chi connectivity index (χ4v) is 15.2. The van der Waals surface area contributed by atoms with Gasteiger partial charge in [0.05, 0.1) is 22.1 Å². The smallest absolute Gasteiger partial charge is 0.104 e. The van der Waals surface area contributed by atoms with Crippen LogP contribution in [0.4, 0.5) is 0 Å². The van der Waals surface area contributed by atoms with E-state index in [0.29, 0.717) is 0 Å². The monoisotopic (exact) mass is 980 g/mol. The van der Waals surface area contributed by atoms with Gasteiger partial charge in [-0.3, -0.25) is 0 Å². The third-order valence-electron chi connectivity index (χ3n) is 15.6. The Morgan fingerprint density at radius 3 is 0.811 bits per heavy atom. The Morgan fingerprint density at radius 1 is 0.270 bits per heavy atom. The molecule has 74 heavy (non-hydrogen) atoms.